The van der Waals surface area contributed by atoms with Crippen molar-refractivity contribution in [2.75, 3.05) is 42.6 Å². The number of piperazine rings is 1. The van der Waals surface area contributed by atoms with Crippen molar-refractivity contribution in [1.82, 2.24) is 15.1 Å². The second kappa shape index (κ2) is 8.05. The van der Waals surface area contributed by atoms with Crippen molar-refractivity contribution in [3.63, 3.8) is 0 Å². The molecule has 4 rings (SSSR count). The standard InChI is InChI=1S/C20H20F3N5O3/c1-3-30-19(29)16-15-17(24-12(2)25-18(15)31-26-16)28-9-7-27(8-10-28)14-6-4-5-13(11-14)20(21,22)23/h4-6,11H,3,7-10H2,1-2H3. The highest BCUT2D eigenvalue weighted by molar-refractivity contribution is 6.04. The summed E-state index contributed by atoms with van der Waals surface area (Å²) < 4.78 is 49.4. The third-order valence-electron chi connectivity index (χ3n) is 5.02. The molecule has 1 aliphatic rings. The molecule has 11 heteroatoms. The van der Waals surface area contributed by atoms with Crippen LogP contribution >= 0.6 is 0 Å². The maximum absolute atomic E-state index is 13.0. The number of aromatic nitrogens is 3. The Morgan fingerprint density at radius 2 is 1.87 bits per heavy atom. The molecule has 8 nitrogen and oxygen atoms in total. The molecule has 0 amide bonds. The minimum absolute atomic E-state index is 0.00663. The summed E-state index contributed by atoms with van der Waals surface area (Å²) in [5, 5.41) is 4.18. The topological polar surface area (TPSA) is 84.6 Å². The van der Waals surface area contributed by atoms with Crippen LogP contribution in [0.2, 0.25) is 0 Å². The molecule has 31 heavy (non-hydrogen) atoms. The molecule has 0 radical (unpaired) electrons. The van der Waals surface area contributed by atoms with Crippen LogP contribution in [0.25, 0.3) is 11.1 Å². The summed E-state index contributed by atoms with van der Waals surface area (Å²) in [6.07, 6.45) is -4.39. The van der Waals surface area contributed by atoms with Gasteiger partial charge in [-0.3, -0.25) is 0 Å². The third-order valence-corrected chi connectivity index (χ3v) is 5.02. The first kappa shape index (κ1) is 20.9. The second-order valence-electron chi connectivity index (χ2n) is 7.05. The van der Waals surface area contributed by atoms with Gasteiger partial charge in [0.25, 0.3) is 5.71 Å². The zero-order chi connectivity index (χ0) is 22.2. The maximum Gasteiger partial charge on any atom is 0.416 e. The number of carbonyl (C=O) groups is 1. The number of rotatable bonds is 4. The van der Waals surface area contributed by atoms with Crippen molar-refractivity contribution in [3.8, 4) is 0 Å². The van der Waals surface area contributed by atoms with Gasteiger partial charge in [-0.1, -0.05) is 11.2 Å². The molecule has 0 atom stereocenters. The summed E-state index contributed by atoms with van der Waals surface area (Å²) in [7, 11) is 0. The van der Waals surface area contributed by atoms with Crippen LogP contribution in [0, 0.1) is 6.92 Å². The van der Waals surface area contributed by atoms with Gasteiger partial charge in [-0.25, -0.2) is 9.78 Å². The number of carbonyl (C=O) groups excluding carboxylic acids is 1. The van der Waals surface area contributed by atoms with Crippen LogP contribution in [0.3, 0.4) is 0 Å². The van der Waals surface area contributed by atoms with Crippen molar-refractivity contribution in [2.24, 2.45) is 0 Å². The quantitative estimate of drug-likeness (QED) is 0.577. The van der Waals surface area contributed by atoms with Crippen molar-refractivity contribution in [2.45, 2.75) is 20.0 Å². The van der Waals surface area contributed by atoms with Gasteiger partial charge in [0.15, 0.2) is 0 Å². The number of esters is 1. The summed E-state index contributed by atoms with van der Waals surface area (Å²) in [6.45, 7) is 5.50. The summed E-state index contributed by atoms with van der Waals surface area (Å²) in [6, 6.07) is 5.28. The van der Waals surface area contributed by atoms with Crippen molar-refractivity contribution < 1.29 is 27.2 Å². The van der Waals surface area contributed by atoms with Gasteiger partial charge in [0.05, 0.1) is 12.2 Å². The number of nitrogens with zero attached hydrogens (tertiary/aromatic N) is 5. The van der Waals surface area contributed by atoms with E-state index in [1.165, 1.54) is 6.07 Å². The molecule has 2 aromatic heterocycles. The van der Waals surface area contributed by atoms with Crippen LogP contribution in [0.5, 0.6) is 0 Å². The zero-order valence-corrected chi connectivity index (χ0v) is 16.9. The number of anilines is 2. The van der Waals surface area contributed by atoms with E-state index in [0.717, 1.165) is 12.1 Å². The lowest BCUT2D eigenvalue weighted by molar-refractivity contribution is -0.137. The largest absolute Gasteiger partial charge is 0.461 e. The van der Waals surface area contributed by atoms with Gasteiger partial charge in [-0.05, 0) is 32.0 Å². The Bertz CT molecular complexity index is 1110. The molecule has 3 aromatic rings. The highest BCUT2D eigenvalue weighted by atomic mass is 19.4. The lowest BCUT2D eigenvalue weighted by Crippen LogP contribution is -2.47. The normalized spacial score (nSPS) is 14.9. The molecule has 1 aliphatic heterocycles. The van der Waals surface area contributed by atoms with Gasteiger partial charge in [0.2, 0.25) is 5.69 Å². The van der Waals surface area contributed by atoms with E-state index in [1.54, 1.807) is 19.9 Å². The van der Waals surface area contributed by atoms with Gasteiger partial charge >= 0.3 is 12.1 Å². The minimum atomic E-state index is -4.39. The molecule has 1 aromatic carbocycles. The molecule has 0 unspecified atom stereocenters. The van der Waals surface area contributed by atoms with Crippen molar-refractivity contribution in [3.05, 3.63) is 41.3 Å². The lowest BCUT2D eigenvalue weighted by Gasteiger charge is -2.37. The third kappa shape index (κ3) is 4.12. The van der Waals surface area contributed by atoms with Crippen molar-refractivity contribution in [1.29, 1.82) is 0 Å². The molecule has 1 saturated heterocycles. The van der Waals surface area contributed by atoms with Gasteiger partial charge < -0.3 is 19.1 Å². The second-order valence-corrected chi connectivity index (χ2v) is 7.05. The Kier molecular flexibility index (Phi) is 5.42. The molecule has 0 saturated carbocycles. The molecule has 3 heterocycles. The average Bonchev–Trinajstić information content (AvgIpc) is 3.17. The van der Waals surface area contributed by atoms with Crippen molar-refractivity contribution >= 4 is 28.6 Å². The Hall–Kier alpha value is -3.37. The molecular formula is C20H20F3N5O3. The minimum Gasteiger partial charge on any atom is -0.461 e. The van der Waals surface area contributed by atoms with E-state index in [0.29, 0.717) is 48.9 Å². The summed E-state index contributed by atoms with van der Waals surface area (Å²) in [5.74, 6) is 0.322. The van der Waals surface area contributed by atoms with E-state index in [2.05, 4.69) is 15.1 Å². The van der Waals surface area contributed by atoms with Gasteiger partial charge in [-0.2, -0.15) is 18.2 Å². The van der Waals surface area contributed by atoms with E-state index >= 15 is 0 Å². The molecule has 0 bridgehead atoms. The smallest absolute Gasteiger partial charge is 0.416 e. The highest BCUT2D eigenvalue weighted by Crippen LogP contribution is 2.33. The van der Waals surface area contributed by atoms with Gasteiger partial charge in [-0.15, -0.1) is 0 Å². The van der Waals surface area contributed by atoms with E-state index in [1.807, 2.05) is 9.80 Å². The summed E-state index contributed by atoms with van der Waals surface area (Å²) in [5.41, 5.74) is 0.0258. The number of fused-ring (bicyclic) bond motifs is 1. The first-order valence-corrected chi connectivity index (χ1v) is 9.76. The number of benzene rings is 1. The Morgan fingerprint density at radius 3 is 2.55 bits per heavy atom. The van der Waals surface area contributed by atoms with E-state index in [9.17, 15) is 18.0 Å². The van der Waals surface area contributed by atoms with Crippen LogP contribution in [0.4, 0.5) is 24.7 Å². The van der Waals surface area contributed by atoms with Crippen LogP contribution in [-0.4, -0.2) is 53.9 Å². The Morgan fingerprint density at radius 1 is 1.16 bits per heavy atom. The van der Waals surface area contributed by atoms with E-state index < -0.39 is 17.7 Å². The number of hydrogen-bond acceptors (Lipinski definition) is 8. The summed E-state index contributed by atoms with van der Waals surface area (Å²) >= 11 is 0. The van der Waals surface area contributed by atoms with E-state index in [-0.39, 0.29) is 18.0 Å². The number of alkyl halides is 3. The number of halogens is 3. The van der Waals surface area contributed by atoms with Crippen LogP contribution in [-0.2, 0) is 10.9 Å². The molecule has 164 valence electrons. The molecule has 1 fully saturated rings. The Balaban J connectivity index is 1.59. The fourth-order valence-corrected chi connectivity index (χ4v) is 3.56. The SMILES string of the molecule is CCOC(=O)c1noc2nc(C)nc(N3CCN(c4cccc(C(F)(F)F)c4)CC3)c12. The summed E-state index contributed by atoms with van der Waals surface area (Å²) in [4.78, 5) is 24.8. The first-order valence-electron chi connectivity index (χ1n) is 9.76. The van der Waals surface area contributed by atoms with Crippen LogP contribution in [0.1, 0.15) is 28.8 Å². The predicted molar refractivity (Wildman–Crippen MR) is 106 cm³/mol. The maximum atomic E-state index is 13.0. The lowest BCUT2D eigenvalue weighted by atomic mass is 10.1. The monoisotopic (exact) mass is 435 g/mol. The number of hydrogen-bond donors (Lipinski definition) is 0. The van der Waals surface area contributed by atoms with Crippen LogP contribution in [0.15, 0.2) is 28.8 Å². The molecule has 0 spiro atoms. The van der Waals surface area contributed by atoms with Gasteiger partial charge in [0, 0.05) is 31.9 Å². The van der Waals surface area contributed by atoms with Gasteiger partial charge in [0.1, 0.15) is 17.0 Å². The molecular weight excluding hydrogens is 415 g/mol. The fraction of sp³-hybridized carbons (Fsp3) is 0.400. The number of ether oxygens (including phenoxy) is 1. The number of aryl methyl sites for hydroxylation is 1. The van der Waals surface area contributed by atoms with Crippen LogP contribution < -0.4 is 9.80 Å². The fourth-order valence-electron chi connectivity index (χ4n) is 3.56. The van der Waals surface area contributed by atoms with E-state index in [4.69, 9.17) is 9.26 Å². The molecule has 0 aliphatic carbocycles. The zero-order valence-electron chi connectivity index (χ0n) is 16.9. The Labute approximate surface area is 175 Å². The first-order chi connectivity index (χ1) is 14.8. The molecule has 0 N–H and O–H groups in total. The average molecular weight is 435 g/mol. The highest BCUT2D eigenvalue weighted by Gasteiger charge is 2.32. The predicted octanol–water partition coefficient (Wildman–Crippen LogP) is 3.45.